The minimum Gasteiger partial charge on any atom is -0.378 e. The molecule has 0 bridgehead atoms. The number of aromatic nitrogens is 1. The van der Waals surface area contributed by atoms with Crippen LogP contribution in [0.5, 0.6) is 0 Å². The summed E-state index contributed by atoms with van der Waals surface area (Å²) in [6.45, 7) is 2.94. The Morgan fingerprint density at radius 2 is 1.86 bits per heavy atom. The van der Waals surface area contributed by atoms with Crippen molar-refractivity contribution in [2.75, 3.05) is 0 Å². The summed E-state index contributed by atoms with van der Waals surface area (Å²) in [7, 11) is 0. The van der Waals surface area contributed by atoms with Crippen molar-refractivity contribution in [1.29, 1.82) is 0 Å². The van der Waals surface area contributed by atoms with Gasteiger partial charge >= 0.3 is 6.18 Å². The Labute approximate surface area is 118 Å². The smallest absolute Gasteiger partial charge is 0.378 e. The molecule has 1 aromatic carbocycles. The van der Waals surface area contributed by atoms with E-state index in [-0.39, 0.29) is 10.9 Å². The molecule has 1 aromatic heterocycles. The van der Waals surface area contributed by atoms with Crippen LogP contribution in [0.1, 0.15) is 25.0 Å². The number of rotatable bonds is 0. The molecule has 21 heavy (non-hydrogen) atoms. The summed E-state index contributed by atoms with van der Waals surface area (Å²) in [4.78, 5) is 13.6. The van der Waals surface area contributed by atoms with Crippen molar-refractivity contribution < 1.29 is 18.3 Å². The van der Waals surface area contributed by atoms with E-state index in [1.807, 2.05) is 0 Å². The molecular formula is C15H12F3NO2. The van der Waals surface area contributed by atoms with Gasteiger partial charge < -0.3 is 10.1 Å². The Balaban J connectivity index is 2.69. The van der Waals surface area contributed by atoms with E-state index in [9.17, 15) is 23.1 Å². The molecule has 0 aliphatic heterocycles. The van der Waals surface area contributed by atoms with Gasteiger partial charge in [0.15, 0.2) is 0 Å². The number of aromatic amines is 1. The van der Waals surface area contributed by atoms with E-state index < -0.39 is 22.9 Å². The maximum Gasteiger partial charge on any atom is 0.417 e. The Kier molecular flexibility index (Phi) is 3.56. The number of hydrogen-bond acceptors (Lipinski definition) is 2. The third-order valence-electron chi connectivity index (χ3n) is 2.66. The van der Waals surface area contributed by atoms with Crippen LogP contribution in [0.25, 0.3) is 10.9 Å². The number of fused-ring (bicyclic) bond motifs is 1. The summed E-state index contributed by atoms with van der Waals surface area (Å²) in [5, 5.41) is 9.38. The van der Waals surface area contributed by atoms with Gasteiger partial charge in [-0.1, -0.05) is 11.8 Å². The first kappa shape index (κ1) is 15.1. The normalized spacial score (nSPS) is 12.1. The number of H-pyrrole nitrogens is 1. The third kappa shape index (κ3) is 3.64. The van der Waals surface area contributed by atoms with Crippen LogP contribution < -0.4 is 5.56 Å². The predicted molar refractivity (Wildman–Crippen MR) is 72.7 cm³/mol. The van der Waals surface area contributed by atoms with Crippen molar-refractivity contribution in [3.8, 4) is 11.8 Å². The zero-order valence-corrected chi connectivity index (χ0v) is 11.3. The fourth-order valence-electron chi connectivity index (χ4n) is 1.79. The molecule has 0 fully saturated rings. The zero-order valence-electron chi connectivity index (χ0n) is 11.3. The molecule has 110 valence electrons. The van der Waals surface area contributed by atoms with Crippen LogP contribution in [0.15, 0.2) is 29.1 Å². The molecule has 2 rings (SSSR count). The molecule has 0 spiro atoms. The van der Waals surface area contributed by atoms with Gasteiger partial charge in [0.1, 0.15) is 5.60 Å². The highest BCUT2D eigenvalue weighted by Crippen LogP contribution is 2.33. The van der Waals surface area contributed by atoms with Crippen molar-refractivity contribution in [2.45, 2.75) is 25.6 Å². The van der Waals surface area contributed by atoms with Gasteiger partial charge in [-0.05, 0) is 32.0 Å². The van der Waals surface area contributed by atoms with Crippen LogP contribution in [0.4, 0.5) is 13.2 Å². The fourth-order valence-corrected chi connectivity index (χ4v) is 1.79. The third-order valence-corrected chi connectivity index (χ3v) is 2.66. The van der Waals surface area contributed by atoms with Gasteiger partial charge in [0.2, 0.25) is 5.56 Å². The van der Waals surface area contributed by atoms with Crippen LogP contribution in [0, 0.1) is 11.8 Å². The molecule has 2 N–H and O–H groups in total. The minimum atomic E-state index is -4.63. The van der Waals surface area contributed by atoms with E-state index >= 15 is 0 Å². The number of halogens is 3. The average Bonchev–Trinajstić information content (AvgIpc) is 2.33. The Bertz CT molecular complexity index is 802. The van der Waals surface area contributed by atoms with E-state index in [0.29, 0.717) is 11.6 Å². The minimum absolute atomic E-state index is 0.0867. The first-order valence-electron chi connectivity index (χ1n) is 6.06. The first-order valence-corrected chi connectivity index (χ1v) is 6.06. The molecule has 0 saturated heterocycles. The Morgan fingerprint density at radius 3 is 2.43 bits per heavy atom. The van der Waals surface area contributed by atoms with Crippen LogP contribution in [-0.4, -0.2) is 15.7 Å². The SMILES string of the molecule is CC(C)(O)C#Cc1ccc2[nH]c(=O)cc(C(F)(F)F)c2c1. The molecule has 0 saturated carbocycles. The lowest BCUT2D eigenvalue weighted by Gasteiger charge is -2.10. The van der Waals surface area contributed by atoms with Crippen LogP contribution in [0.3, 0.4) is 0 Å². The van der Waals surface area contributed by atoms with E-state index in [0.717, 1.165) is 0 Å². The topological polar surface area (TPSA) is 53.1 Å². The molecule has 2 aromatic rings. The van der Waals surface area contributed by atoms with Crippen molar-refractivity contribution in [2.24, 2.45) is 0 Å². The molecule has 0 amide bonds. The van der Waals surface area contributed by atoms with E-state index in [1.165, 1.54) is 32.0 Å². The fraction of sp³-hybridized carbons (Fsp3) is 0.267. The van der Waals surface area contributed by atoms with E-state index in [1.54, 1.807) is 0 Å². The molecule has 0 aliphatic rings. The van der Waals surface area contributed by atoms with Crippen LogP contribution in [0.2, 0.25) is 0 Å². The molecule has 0 radical (unpaired) electrons. The maximum absolute atomic E-state index is 13.0. The quantitative estimate of drug-likeness (QED) is 0.734. The second kappa shape index (κ2) is 4.93. The number of pyridine rings is 1. The average molecular weight is 295 g/mol. The highest BCUT2D eigenvalue weighted by atomic mass is 19.4. The molecular weight excluding hydrogens is 283 g/mol. The van der Waals surface area contributed by atoms with Gasteiger partial charge in [0.25, 0.3) is 0 Å². The van der Waals surface area contributed by atoms with Gasteiger partial charge in [0, 0.05) is 22.5 Å². The maximum atomic E-state index is 13.0. The first-order chi connectivity index (χ1) is 9.56. The molecule has 0 atom stereocenters. The summed E-state index contributed by atoms with van der Waals surface area (Å²) in [6.07, 6.45) is -4.63. The van der Waals surface area contributed by atoms with Gasteiger partial charge in [-0.3, -0.25) is 4.79 Å². The Morgan fingerprint density at radius 1 is 1.19 bits per heavy atom. The van der Waals surface area contributed by atoms with Crippen LogP contribution in [-0.2, 0) is 6.18 Å². The van der Waals surface area contributed by atoms with Gasteiger partial charge in [-0.25, -0.2) is 0 Å². The van der Waals surface area contributed by atoms with E-state index in [4.69, 9.17) is 0 Å². The number of alkyl halides is 3. The monoisotopic (exact) mass is 295 g/mol. The van der Waals surface area contributed by atoms with Crippen LogP contribution >= 0.6 is 0 Å². The summed E-state index contributed by atoms with van der Waals surface area (Å²) in [5.74, 6) is 5.14. The predicted octanol–water partition coefficient (Wildman–Crippen LogP) is 2.67. The van der Waals surface area contributed by atoms with Crippen molar-refractivity contribution in [1.82, 2.24) is 4.98 Å². The molecule has 0 aliphatic carbocycles. The molecule has 1 heterocycles. The van der Waals surface area contributed by atoms with Gasteiger partial charge in [-0.2, -0.15) is 13.2 Å². The van der Waals surface area contributed by atoms with E-state index in [2.05, 4.69) is 16.8 Å². The highest BCUT2D eigenvalue weighted by Gasteiger charge is 2.33. The summed E-state index contributed by atoms with van der Waals surface area (Å²) in [5.41, 5.74) is -2.66. The number of nitrogens with one attached hydrogen (secondary N) is 1. The lowest BCUT2D eigenvalue weighted by atomic mass is 10.0. The lowest BCUT2D eigenvalue weighted by Crippen LogP contribution is -2.15. The number of hydrogen-bond donors (Lipinski definition) is 2. The summed E-state index contributed by atoms with van der Waals surface area (Å²) < 4.78 is 38.9. The van der Waals surface area contributed by atoms with Crippen molar-refractivity contribution >= 4 is 10.9 Å². The lowest BCUT2D eigenvalue weighted by molar-refractivity contribution is -0.136. The summed E-state index contributed by atoms with van der Waals surface area (Å²) in [6, 6.07) is 4.61. The standard InChI is InChI=1S/C15H12F3NO2/c1-14(2,21)6-5-9-3-4-12-10(7-9)11(15(16,17)18)8-13(20)19-12/h3-4,7-8,21H,1-2H3,(H,19,20). The van der Waals surface area contributed by atoms with Crippen molar-refractivity contribution in [3.63, 3.8) is 0 Å². The second-order valence-corrected chi connectivity index (χ2v) is 5.11. The molecule has 0 unspecified atom stereocenters. The van der Waals surface area contributed by atoms with Crippen molar-refractivity contribution in [3.05, 3.63) is 45.7 Å². The Hall–Kier alpha value is -2.26. The summed E-state index contributed by atoms with van der Waals surface area (Å²) >= 11 is 0. The number of aliphatic hydroxyl groups is 1. The van der Waals surface area contributed by atoms with Gasteiger partial charge in [0.05, 0.1) is 5.56 Å². The van der Waals surface area contributed by atoms with Gasteiger partial charge in [-0.15, -0.1) is 0 Å². The number of benzene rings is 1. The zero-order chi connectivity index (χ0) is 15.8. The second-order valence-electron chi connectivity index (χ2n) is 5.11. The largest absolute Gasteiger partial charge is 0.417 e. The molecule has 6 heteroatoms. The highest BCUT2D eigenvalue weighted by molar-refractivity contribution is 5.84. The molecule has 3 nitrogen and oxygen atoms in total.